The van der Waals surface area contributed by atoms with Gasteiger partial charge in [-0.1, -0.05) is 92.6 Å². The molecule has 0 radical (unpaired) electrons. The Labute approximate surface area is 474 Å². The van der Waals surface area contributed by atoms with Crippen LogP contribution >= 0.6 is 23.4 Å². The van der Waals surface area contributed by atoms with Crippen molar-refractivity contribution in [2.45, 2.75) is 147 Å². The number of allylic oxidation sites excluding steroid dienone is 2. The zero-order chi connectivity index (χ0) is 55.9. The molecule has 2 unspecified atom stereocenters. The van der Waals surface area contributed by atoms with E-state index >= 15 is 0 Å². The molecule has 16 heteroatoms. The Balaban J connectivity index is 0.000000229. The van der Waals surface area contributed by atoms with E-state index in [1.54, 1.807) is 29.7 Å². The van der Waals surface area contributed by atoms with Gasteiger partial charge < -0.3 is 41.5 Å². The number of hydrogen-bond acceptors (Lipinski definition) is 11. The Bertz CT molecular complexity index is 2610. The van der Waals surface area contributed by atoms with E-state index in [1.165, 1.54) is 73.1 Å². The Kier molecular flexibility index (Phi) is 22.2. The molecule has 2 atom stereocenters. The van der Waals surface area contributed by atoms with Crippen molar-refractivity contribution in [3.63, 3.8) is 0 Å². The van der Waals surface area contributed by atoms with E-state index in [0.717, 1.165) is 105 Å². The standard InChI is InChI=1S/C34H52N6O3S.C27H32ClN3O.CH4O/c1-23(36-3)32(44-4)28-14-12-25(13-15-28)21-38-33(42)30-11-8-18-40(30)34(43)31(27-16-19-39(20-17-27)24(2)41)37-22-29(35)26-9-6-5-7-10-26;1-29-26-27(13-4-3-5-14-27)22-10-9-20(19-11-15-30(2)16-12-19)17-25(22)31(26)24-8-6-7-23(28)21(24)18-32;1-2/h12-15,22,26-27,30-31,36-37H,5-11,16-21,35H2,1-4H3,(H,38,42);6-10,17-19H,3-5,11-16H2,1-2H3;2H,1H3/b29-22-,32-23-;;. The lowest BCUT2D eigenvalue weighted by Crippen LogP contribution is -2.55. The van der Waals surface area contributed by atoms with Crippen LogP contribution in [0.3, 0.4) is 0 Å². The summed E-state index contributed by atoms with van der Waals surface area (Å²) in [6.45, 7) is 8.18. The van der Waals surface area contributed by atoms with E-state index in [1.807, 2.05) is 49.5 Å². The zero-order valence-electron chi connectivity index (χ0n) is 47.6. The first-order valence-corrected chi connectivity index (χ1v) is 30.3. The summed E-state index contributed by atoms with van der Waals surface area (Å²) in [5, 5.41) is 17.2. The molecule has 3 amide bonds. The number of hydrogen-bond donors (Lipinski definition) is 5. The number of carbonyl (C=O) groups excluding carboxylic acids is 4. The smallest absolute Gasteiger partial charge is 0.246 e. The summed E-state index contributed by atoms with van der Waals surface area (Å²) in [6, 6.07) is 20.1. The number of nitrogens with zero attached hydrogens (tertiary/aromatic N) is 5. The Morgan fingerprint density at radius 3 is 2.17 bits per heavy atom. The van der Waals surface area contributed by atoms with Crippen LogP contribution in [0.2, 0.25) is 5.02 Å². The lowest BCUT2D eigenvalue weighted by molar-refractivity contribution is -0.141. The van der Waals surface area contributed by atoms with Crippen LogP contribution in [0, 0.1) is 11.8 Å². The van der Waals surface area contributed by atoms with E-state index in [9.17, 15) is 19.2 Å². The molecule has 14 nitrogen and oxygen atoms in total. The highest BCUT2D eigenvalue weighted by Gasteiger charge is 2.50. The molecule has 4 aliphatic heterocycles. The number of amides is 3. The quantitative estimate of drug-likeness (QED) is 0.0972. The van der Waals surface area contributed by atoms with E-state index < -0.39 is 12.1 Å². The molecule has 424 valence electrons. The van der Waals surface area contributed by atoms with Crippen LogP contribution in [0.5, 0.6) is 0 Å². The molecular weight excluding hydrogens is 1020 g/mol. The number of likely N-dealkylation sites (tertiary alicyclic amines) is 3. The van der Waals surface area contributed by atoms with Crippen molar-refractivity contribution in [3.8, 4) is 0 Å². The molecule has 3 saturated heterocycles. The van der Waals surface area contributed by atoms with Gasteiger partial charge >= 0.3 is 0 Å². The van der Waals surface area contributed by atoms with Gasteiger partial charge in [0.1, 0.15) is 17.9 Å². The fraction of sp³-hybridized carbons (Fsp3) is 0.565. The fourth-order valence-electron chi connectivity index (χ4n) is 13.1. The minimum absolute atomic E-state index is 0.0442. The highest BCUT2D eigenvalue weighted by molar-refractivity contribution is 8.07. The van der Waals surface area contributed by atoms with Crippen LogP contribution in [0.1, 0.15) is 155 Å². The number of fused-ring (bicyclic) bond motifs is 2. The van der Waals surface area contributed by atoms with Crippen LogP contribution in [0.4, 0.5) is 11.4 Å². The lowest BCUT2D eigenvalue weighted by atomic mass is 9.69. The van der Waals surface area contributed by atoms with Gasteiger partial charge in [-0.2, -0.15) is 0 Å². The van der Waals surface area contributed by atoms with Gasteiger partial charge in [-0.15, -0.1) is 11.8 Å². The van der Waals surface area contributed by atoms with Gasteiger partial charge in [0.25, 0.3) is 0 Å². The number of halogens is 1. The number of nitrogens with one attached hydrogen (secondary N) is 3. The number of anilines is 2. The van der Waals surface area contributed by atoms with Crippen molar-refractivity contribution >= 4 is 69.5 Å². The van der Waals surface area contributed by atoms with E-state index in [2.05, 4.69) is 76.3 Å². The monoisotopic (exact) mass is 1110 g/mol. The zero-order valence-corrected chi connectivity index (χ0v) is 49.1. The van der Waals surface area contributed by atoms with Crippen molar-refractivity contribution in [1.82, 2.24) is 30.7 Å². The topological polar surface area (TPSA) is 176 Å². The summed E-state index contributed by atoms with van der Waals surface area (Å²) in [6.07, 6.45) is 21.8. The maximum atomic E-state index is 14.2. The third-order valence-electron chi connectivity index (χ3n) is 17.6. The van der Waals surface area contributed by atoms with Crippen LogP contribution < -0.4 is 26.6 Å². The van der Waals surface area contributed by atoms with Gasteiger partial charge in [-0.3, -0.25) is 29.1 Å². The maximum absolute atomic E-state index is 14.2. The maximum Gasteiger partial charge on any atom is 0.246 e. The molecule has 5 fully saturated rings. The van der Waals surface area contributed by atoms with E-state index in [-0.39, 0.29) is 29.1 Å². The summed E-state index contributed by atoms with van der Waals surface area (Å²) >= 11 is 8.17. The molecule has 9 rings (SSSR count). The second kappa shape index (κ2) is 28.7. The summed E-state index contributed by atoms with van der Waals surface area (Å²) < 4.78 is 0. The van der Waals surface area contributed by atoms with Crippen LogP contribution in [0.25, 0.3) is 4.91 Å². The molecule has 4 heterocycles. The lowest BCUT2D eigenvalue weighted by Gasteiger charge is -2.37. The highest BCUT2D eigenvalue weighted by Crippen LogP contribution is 2.54. The van der Waals surface area contributed by atoms with Gasteiger partial charge in [0.15, 0.2) is 6.29 Å². The minimum Gasteiger partial charge on any atom is -0.401 e. The highest BCUT2D eigenvalue weighted by atomic mass is 35.5. The molecule has 1 spiro atoms. The van der Waals surface area contributed by atoms with Gasteiger partial charge in [0, 0.05) is 76.8 Å². The number of aliphatic hydroxyl groups is 1. The van der Waals surface area contributed by atoms with Gasteiger partial charge in [0.2, 0.25) is 17.7 Å². The number of aliphatic hydroxyl groups excluding tert-OH is 1. The van der Waals surface area contributed by atoms with Gasteiger partial charge in [-0.05, 0) is 156 Å². The summed E-state index contributed by atoms with van der Waals surface area (Å²) in [5.41, 5.74) is 15.9. The van der Waals surface area contributed by atoms with Crippen molar-refractivity contribution in [2.75, 3.05) is 72.1 Å². The van der Waals surface area contributed by atoms with Crippen molar-refractivity contribution in [2.24, 2.45) is 22.6 Å². The largest absolute Gasteiger partial charge is 0.401 e. The van der Waals surface area contributed by atoms with Crippen molar-refractivity contribution < 1.29 is 24.3 Å². The number of amidine groups is 1. The number of benzene rings is 3. The number of aliphatic imine (C=N–C) groups is 1. The second-order valence-corrected chi connectivity index (χ2v) is 23.4. The molecule has 3 aromatic carbocycles. The molecule has 78 heavy (non-hydrogen) atoms. The average Bonchev–Trinajstić information content (AvgIpc) is 4.29. The Hall–Kier alpha value is -5.35. The number of piperidine rings is 2. The predicted octanol–water partition coefficient (Wildman–Crippen LogP) is 10.1. The number of thioether (sulfide) groups is 1. The minimum atomic E-state index is -0.493. The predicted molar refractivity (Wildman–Crippen MR) is 320 cm³/mol. The summed E-state index contributed by atoms with van der Waals surface area (Å²) in [5.74, 6) is 1.96. The summed E-state index contributed by atoms with van der Waals surface area (Å²) in [7, 11) is 7.02. The molecule has 2 saturated carbocycles. The molecule has 2 aliphatic carbocycles. The van der Waals surface area contributed by atoms with Gasteiger partial charge in [-0.25, -0.2) is 0 Å². The molecule has 3 aromatic rings. The van der Waals surface area contributed by atoms with Crippen LogP contribution in [-0.2, 0) is 26.3 Å². The molecule has 0 aromatic heterocycles. The molecular formula is C62H88ClN9O5S. The number of nitrogens with two attached hydrogens (primary N) is 1. The average molecular weight is 1110 g/mol. The van der Waals surface area contributed by atoms with E-state index in [0.29, 0.717) is 55.0 Å². The second-order valence-electron chi connectivity index (χ2n) is 22.1. The molecule has 6 aliphatic rings. The Morgan fingerprint density at radius 2 is 1.54 bits per heavy atom. The van der Waals surface area contributed by atoms with Crippen LogP contribution in [-0.4, -0.2) is 129 Å². The first kappa shape index (κ1) is 60.3. The van der Waals surface area contributed by atoms with Gasteiger partial charge in [0.05, 0.1) is 27.4 Å². The first-order valence-electron chi connectivity index (χ1n) is 28.7. The SMILES string of the molecule is CN/C(C)=C(\SC)c1ccc(CNC(=O)C2CCCN2C(=O)C(N/C=C(\N)C2CCCCC2)C2CCN(C(C)=O)CC2)cc1.CN=C1N(c2cccc(Cl)c2C=O)c2cc(C3CCN(C)CC3)ccc2C12CCCCC2.CO. The number of carbonyl (C=O) groups is 4. The van der Waals surface area contributed by atoms with Crippen molar-refractivity contribution in [1.29, 1.82) is 0 Å². The fourth-order valence-corrected chi connectivity index (χ4v) is 14.1. The van der Waals surface area contributed by atoms with Crippen molar-refractivity contribution in [3.05, 3.63) is 111 Å². The molecule has 6 N–H and O–H groups in total. The number of rotatable bonds is 14. The summed E-state index contributed by atoms with van der Waals surface area (Å²) in [4.78, 5) is 66.0. The normalized spacial score (nSPS) is 21.4. The Morgan fingerprint density at radius 1 is 0.859 bits per heavy atom. The third-order valence-corrected chi connectivity index (χ3v) is 18.9. The number of aldehydes is 1. The molecule has 0 bridgehead atoms. The van der Waals surface area contributed by atoms with E-state index in [4.69, 9.17) is 27.4 Å². The first-order chi connectivity index (χ1) is 37.8. The third kappa shape index (κ3) is 13.8. The van der Waals surface area contributed by atoms with Crippen LogP contribution in [0.15, 0.2) is 83.3 Å².